The van der Waals surface area contributed by atoms with Gasteiger partial charge in [0.1, 0.15) is 0 Å². The molecule has 0 unspecified atom stereocenters. The number of hydrogen-bond acceptors (Lipinski definition) is 4. The van der Waals surface area contributed by atoms with Crippen molar-refractivity contribution in [1.82, 2.24) is 15.5 Å². The summed E-state index contributed by atoms with van der Waals surface area (Å²) in [7, 11) is 3.54. The van der Waals surface area contributed by atoms with Gasteiger partial charge in [0.25, 0.3) is 0 Å². The Labute approximate surface area is 168 Å². The average Bonchev–Trinajstić information content (AvgIpc) is 2.76. The standard InChI is InChI=1S/C21H33N5O2/c1-22-20(27)15-17-7-9-26(10-8-17)21(23-2)24-16-18-3-5-19(6-4-18)25-11-13-28-14-12-25/h3-6,17H,7-16H2,1-2H3,(H,22,27)(H,23,24). The maximum absolute atomic E-state index is 11.6. The first-order valence-electron chi connectivity index (χ1n) is 10.3. The Bertz CT molecular complexity index is 647. The summed E-state index contributed by atoms with van der Waals surface area (Å²) in [6, 6.07) is 8.74. The number of rotatable bonds is 5. The third-order valence-electron chi connectivity index (χ3n) is 5.64. The quantitative estimate of drug-likeness (QED) is 0.591. The molecule has 28 heavy (non-hydrogen) atoms. The van der Waals surface area contributed by atoms with E-state index in [1.165, 1.54) is 11.3 Å². The third kappa shape index (κ3) is 5.61. The van der Waals surface area contributed by atoms with Gasteiger partial charge in [-0.1, -0.05) is 12.1 Å². The Morgan fingerprint density at radius 1 is 1.14 bits per heavy atom. The maximum atomic E-state index is 11.6. The molecule has 2 aliphatic heterocycles. The number of nitrogens with one attached hydrogen (secondary N) is 2. The minimum absolute atomic E-state index is 0.140. The predicted octanol–water partition coefficient (Wildman–Crippen LogP) is 1.45. The number of carbonyl (C=O) groups excluding carboxylic acids is 1. The van der Waals surface area contributed by atoms with Gasteiger partial charge in [0.2, 0.25) is 5.91 Å². The molecule has 0 saturated carbocycles. The van der Waals surface area contributed by atoms with Crippen LogP contribution in [-0.2, 0) is 16.1 Å². The monoisotopic (exact) mass is 387 g/mol. The van der Waals surface area contributed by atoms with Gasteiger partial charge in [-0.15, -0.1) is 0 Å². The van der Waals surface area contributed by atoms with Crippen LogP contribution in [0.2, 0.25) is 0 Å². The second-order valence-electron chi connectivity index (χ2n) is 7.47. The highest BCUT2D eigenvalue weighted by Gasteiger charge is 2.23. The van der Waals surface area contributed by atoms with Crippen molar-refractivity contribution in [3.63, 3.8) is 0 Å². The lowest BCUT2D eigenvalue weighted by Gasteiger charge is -2.34. The molecule has 0 bridgehead atoms. The summed E-state index contributed by atoms with van der Waals surface area (Å²) < 4.78 is 5.42. The van der Waals surface area contributed by atoms with Gasteiger partial charge in [0.05, 0.1) is 13.2 Å². The number of ether oxygens (including phenoxy) is 1. The fourth-order valence-electron chi connectivity index (χ4n) is 3.87. The Kier molecular flexibility index (Phi) is 7.54. The van der Waals surface area contributed by atoms with Crippen molar-refractivity contribution in [2.75, 3.05) is 58.4 Å². The molecule has 1 amide bonds. The van der Waals surface area contributed by atoms with Gasteiger partial charge in [0.15, 0.2) is 5.96 Å². The fourth-order valence-corrected chi connectivity index (χ4v) is 3.87. The zero-order valence-electron chi connectivity index (χ0n) is 17.1. The molecule has 2 saturated heterocycles. The summed E-state index contributed by atoms with van der Waals surface area (Å²) in [6.07, 6.45) is 2.69. The molecule has 154 valence electrons. The lowest BCUT2D eigenvalue weighted by atomic mass is 9.93. The Morgan fingerprint density at radius 3 is 2.43 bits per heavy atom. The molecule has 0 atom stereocenters. The van der Waals surface area contributed by atoms with Crippen molar-refractivity contribution in [3.05, 3.63) is 29.8 Å². The topological polar surface area (TPSA) is 69.2 Å². The molecular formula is C21H33N5O2. The van der Waals surface area contributed by atoms with Gasteiger partial charge < -0.3 is 25.2 Å². The van der Waals surface area contributed by atoms with Gasteiger partial charge in [-0.2, -0.15) is 0 Å². The molecule has 1 aromatic carbocycles. The van der Waals surface area contributed by atoms with E-state index in [9.17, 15) is 4.79 Å². The number of piperidine rings is 1. The zero-order valence-corrected chi connectivity index (χ0v) is 17.1. The molecule has 2 fully saturated rings. The van der Waals surface area contributed by atoms with Crippen LogP contribution in [0.25, 0.3) is 0 Å². The van der Waals surface area contributed by atoms with Gasteiger partial charge in [-0.25, -0.2) is 0 Å². The van der Waals surface area contributed by atoms with E-state index < -0.39 is 0 Å². The number of benzene rings is 1. The summed E-state index contributed by atoms with van der Waals surface area (Å²) in [6.45, 7) is 6.17. The minimum Gasteiger partial charge on any atom is -0.378 e. The third-order valence-corrected chi connectivity index (χ3v) is 5.64. The van der Waals surface area contributed by atoms with Gasteiger partial charge in [-0.05, 0) is 36.5 Å². The lowest BCUT2D eigenvalue weighted by Crippen LogP contribution is -2.45. The van der Waals surface area contributed by atoms with Crippen LogP contribution in [0.1, 0.15) is 24.8 Å². The Hall–Kier alpha value is -2.28. The SMILES string of the molecule is CN=C(NCc1ccc(N2CCOCC2)cc1)N1CCC(CC(=O)NC)CC1. The van der Waals surface area contributed by atoms with E-state index in [0.717, 1.165) is 64.7 Å². The number of morpholine rings is 1. The highest BCUT2D eigenvalue weighted by atomic mass is 16.5. The van der Waals surface area contributed by atoms with E-state index in [-0.39, 0.29) is 5.91 Å². The van der Waals surface area contributed by atoms with Crippen molar-refractivity contribution in [2.24, 2.45) is 10.9 Å². The first-order valence-corrected chi connectivity index (χ1v) is 10.3. The van der Waals surface area contributed by atoms with Gasteiger partial charge >= 0.3 is 0 Å². The highest BCUT2D eigenvalue weighted by molar-refractivity contribution is 5.80. The van der Waals surface area contributed by atoms with E-state index >= 15 is 0 Å². The van der Waals surface area contributed by atoms with Crippen molar-refractivity contribution < 1.29 is 9.53 Å². The number of carbonyl (C=O) groups is 1. The van der Waals surface area contributed by atoms with Crippen LogP contribution in [0, 0.1) is 5.92 Å². The largest absolute Gasteiger partial charge is 0.378 e. The summed E-state index contributed by atoms with van der Waals surface area (Å²) in [5.41, 5.74) is 2.50. The summed E-state index contributed by atoms with van der Waals surface area (Å²) >= 11 is 0. The van der Waals surface area contributed by atoms with E-state index in [0.29, 0.717) is 12.3 Å². The highest BCUT2D eigenvalue weighted by Crippen LogP contribution is 2.21. The van der Waals surface area contributed by atoms with Crippen molar-refractivity contribution in [2.45, 2.75) is 25.8 Å². The predicted molar refractivity (Wildman–Crippen MR) is 113 cm³/mol. The van der Waals surface area contributed by atoms with Crippen LogP contribution in [-0.4, -0.2) is 70.3 Å². The molecule has 2 aliphatic rings. The molecule has 7 nitrogen and oxygen atoms in total. The summed E-state index contributed by atoms with van der Waals surface area (Å²) in [4.78, 5) is 20.7. The lowest BCUT2D eigenvalue weighted by molar-refractivity contribution is -0.121. The molecule has 0 aliphatic carbocycles. The number of anilines is 1. The fraction of sp³-hybridized carbons (Fsp3) is 0.619. The molecule has 1 aromatic rings. The maximum Gasteiger partial charge on any atom is 0.220 e. The van der Waals surface area contributed by atoms with Crippen LogP contribution >= 0.6 is 0 Å². The van der Waals surface area contributed by atoms with Crippen LogP contribution in [0.3, 0.4) is 0 Å². The molecule has 0 radical (unpaired) electrons. The smallest absolute Gasteiger partial charge is 0.220 e. The number of likely N-dealkylation sites (tertiary alicyclic amines) is 1. The first kappa shape index (κ1) is 20.5. The van der Waals surface area contributed by atoms with Crippen LogP contribution < -0.4 is 15.5 Å². The Balaban J connectivity index is 1.46. The van der Waals surface area contributed by atoms with E-state index in [4.69, 9.17) is 4.74 Å². The number of amides is 1. The second kappa shape index (κ2) is 10.3. The summed E-state index contributed by atoms with van der Waals surface area (Å²) in [5, 5.41) is 6.21. The molecular weight excluding hydrogens is 354 g/mol. The van der Waals surface area contributed by atoms with Crippen molar-refractivity contribution >= 4 is 17.6 Å². The molecule has 3 rings (SSSR count). The van der Waals surface area contributed by atoms with E-state index in [1.807, 2.05) is 7.05 Å². The van der Waals surface area contributed by atoms with Gasteiger partial charge in [-0.3, -0.25) is 9.79 Å². The average molecular weight is 388 g/mol. The number of guanidine groups is 1. The number of nitrogens with zero attached hydrogens (tertiary/aromatic N) is 3. The normalized spacial score (nSPS) is 18.9. The molecule has 2 heterocycles. The van der Waals surface area contributed by atoms with Gasteiger partial charge in [0, 0.05) is 58.9 Å². The number of aliphatic imine (C=N–C) groups is 1. The minimum atomic E-state index is 0.140. The molecule has 7 heteroatoms. The van der Waals surface area contributed by atoms with E-state index in [1.54, 1.807) is 7.05 Å². The van der Waals surface area contributed by atoms with E-state index in [2.05, 4.69) is 49.7 Å². The molecule has 2 N–H and O–H groups in total. The molecule has 0 aromatic heterocycles. The van der Waals surface area contributed by atoms with Crippen LogP contribution in [0.15, 0.2) is 29.3 Å². The van der Waals surface area contributed by atoms with Crippen LogP contribution in [0.4, 0.5) is 5.69 Å². The first-order chi connectivity index (χ1) is 13.7. The zero-order chi connectivity index (χ0) is 19.8. The molecule has 0 spiro atoms. The number of hydrogen-bond donors (Lipinski definition) is 2. The summed E-state index contributed by atoms with van der Waals surface area (Å²) in [5.74, 6) is 1.55. The van der Waals surface area contributed by atoms with Crippen molar-refractivity contribution in [1.29, 1.82) is 0 Å². The van der Waals surface area contributed by atoms with Crippen LogP contribution in [0.5, 0.6) is 0 Å². The van der Waals surface area contributed by atoms with Crippen molar-refractivity contribution in [3.8, 4) is 0 Å². The second-order valence-corrected chi connectivity index (χ2v) is 7.47. The Morgan fingerprint density at radius 2 is 1.82 bits per heavy atom.